The average Bonchev–Trinajstić information content (AvgIpc) is 3.41. The van der Waals surface area contributed by atoms with E-state index in [0.717, 1.165) is 25.7 Å². The molecule has 0 unspecified atom stereocenters. The lowest BCUT2D eigenvalue weighted by molar-refractivity contribution is -0.140. The van der Waals surface area contributed by atoms with Crippen molar-refractivity contribution in [1.82, 2.24) is 24.4 Å². The molecule has 1 N–H and O–H groups in total. The number of halogens is 2. The molecule has 3 aromatic rings. The Hall–Kier alpha value is -3.38. The predicted molar refractivity (Wildman–Crippen MR) is 146 cm³/mol. The van der Waals surface area contributed by atoms with Crippen LogP contribution in [0.5, 0.6) is 0 Å². The van der Waals surface area contributed by atoms with Crippen molar-refractivity contribution in [3.05, 3.63) is 36.2 Å². The molecule has 0 radical (unpaired) electrons. The summed E-state index contributed by atoms with van der Waals surface area (Å²) in [5.41, 5.74) is 1.06. The highest BCUT2D eigenvalue weighted by atomic mass is 19.3. The van der Waals surface area contributed by atoms with Gasteiger partial charge in [-0.05, 0) is 43.7 Å². The number of rotatable bonds is 7. The molecule has 2 aromatic heterocycles. The number of hydrogen-bond acceptors (Lipinski definition) is 8. The molecule has 1 saturated carbocycles. The second-order valence-corrected chi connectivity index (χ2v) is 10.6. The second-order valence-electron chi connectivity index (χ2n) is 10.6. The van der Waals surface area contributed by atoms with E-state index in [1.807, 2.05) is 4.90 Å². The molecule has 40 heavy (non-hydrogen) atoms. The Balaban J connectivity index is 1.20. The lowest BCUT2D eigenvalue weighted by atomic mass is 9.81. The Morgan fingerprint density at radius 3 is 2.33 bits per heavy atom. The smallest absolute Gasteiger partial charge is 0.296 e. The van der Waals surface area contributed by atoms with Crippen LogP contribution in [0, 0.1) is 11.8 Å². The van der Waals surface area contributed by atoms with E-state index in [1.165, 1.54) is 4.57 Å². The Morgan fingerprint density at radius 2 is 1.60 bits per heavy atom. The molecular weight excluding hydrogens is 520 g/mol. The molecule has 2 aliphatic heterocycles. The number of ether oxygens (including phenoxy) is 2. The molecule has 1 amide bonds. The topological polar surface area (TPSA) is 97.6 Å². The zero-order valence-electron chi connectivity index (χ0n) is 22.5. The van der Waals surface area contributed by atoms with E-state index in [4.69, 9.17) is 14.5 Å². The highest BCUT2D eigenvalue weighted by molar-refractivity contribution is 5.79. The van der Waals surface area contributed by atoms with Crippen LogP contribution in [0.4, 0.5) is 20.5 Å². The average molecular weight is 556 g/mol. The Labute approximate surface area is 231 Å². The SMILES string of the molecule is O=C(C1CCC(CNc2nc(N3CCOCC3)cc(-n3c(C(F)F)nc4ccccc43)n2)CC1)N1CCOCC1. The summed E-state index contributed by atoms with van der Waals surface area (Å²) in [5, 5.41) is 3.39. The minimum absolute atomic E-state index is 0.0733. The number of hydrogen-bond donors (Lipinski definition) is 1. The van der Waals surface area contributed by atoms with E-state index in [2.05, 4.69) is 20.2 Å². The number of fused-ring (bicyclic) bond motifs is 1. The van der Waals surface area contributed by atoms with Gasteiger partial charge < -0.3 is 24.6 Å². The monoisotopic (exact) mass is 555 g/mol. The zero-order chi connectivity index (χ0) is 27.5. The standard InChI is InChI=1S/C28H35F2N7O3/c29-25(30)26-32-21-3-1-2-4-22(21)37(26)24-17-23(35-9-13-39-14-10-35)33-28(34-24)31-18-19-5-7-20(8-6-19)27(38)36-11-15-40-16-12-36/h1-4,17,19-20,25H,5-16,18H2,(H,31,33,34). The molecular formula is C28H35F2N7O3. The first kappa shape index (κ1) is 26.8. The number of alkyl halides is 2. The lowest BCUT2D eigenvalue weighted by Crippen LogP contribution is -2.44. The summed E-state index contributed by atoms with van der Waals surface area (Å²) in [7, 11) is 0. The molecule has 1 aromatic carbocycles. The van der Waals surface area contributed by atoms with Gasteiger partial charge in [0.05, 0.1) is 37.5 Å². The summed E-state index contributed by atoms with van der Waals surface area (Å²) in [4.78, 5) is 30.6. The van der Waals surface area contributed by atoms with Crippen molar-refractivity contribution in [2.24, 2.45) is 11.8 Å². The number of amides is 1. The van der Waals surface area contributed by atoms with Crippen LogP contribution in [-0.4, -0.2) is 89.5 Å². The maximum atomic E-state index is 14.1. The van der Waals surface area contributed by atoms with Crippen LogP contribution < -0.4 is 10.2 Å². The quantitative estimate of drug-likeness (QED) is 0.472. The first-order valence-corrected chi connectivity index (χ1v) is 14.1. The van der Waals surface area contributed by atoms with Crippen LogP contribution in [-0.2, 0) is 14.3 Å². The van der Waals surface area contributed by atoms with E-state index < -0.39 is 6.43 Å². The zero-order valence-corrected chi connectivity index (χ0v) is 22.5. The van der Waals surface area contributed by atoms with Crippen LogP contribution >= 0.6 is 0 Å². The number of nitrogens with zero attached hydrogens (tertiary/aromatic N) is 6. The van der Waals surface area contributed by atoms with Crippen molar-refractivity contribution in [1.29, 1.82) is 0 Å². The maximum Gasteiger partial charge on any atom is 0.296 e. The number of imidazole rings is 1. The van der Waals surface area contributed by atoms with Crippen molar-refractivity contribution in [2.45, 2.75) is 32.1 Å². The van der Waals surface area contributed by atoms with Crippen LogP contribution in [0.2, 0.25) is 0 Å². The lowest BCUT2D eigenvalue weighted by Gasteiger charge is -2.34. The van der Waals surface area contributed by atoms with Gasteiger partial charge in [0.25, 0.3) is 6.43 Å². The molecule has 2 saturated heterocycles. The Bertz CT molecular complexity index is 1320. The summed E-state index contributed by atoms with van der Waals surface area (Å²) < 4.78 is 40.5. The van der Waals surface area contributed by atoms with Gasteiger partial charge >= 0.3 is 0 Å². The van der Waals surface area contributed by atoms with E-state index >= 15 is 0 Å². The molecule has 3 aliphatic rings. The maximum absolute atomic E-state index is 14.1. The number of para-hydroxylation sites is 2. The van der Waals surface area contributed by atoms with Gasteiger partial charge in [-0.15, -0.1) is 0 Å². The Morgan fingerprint density at radius 1 is 0.925 bits per heavy atom. The number of anilines is 2. The molecule has 4 heterocycles. The molecule has 0 spiro atoms. The minimum atomic E-state index is -2.76. The molecule has 0 atom stereocenters. The van der Waals surface area contributed by atoms with Gasteiger partial charge in [0, 0.05) is 44.7 Å². The third-order valence-corrected chi connectivity index (χ3v) is 8.11. The number of carbonyl (C=O) groups excluding carboxylic acids is 1. The highest BCUT2D eigenvalue weighted by Crippen LogP contribution is 2.32. The third kappa shape index (κ3) is 5.73. The Kier molecular flexibility index (Phi) is 8.05. The van der Waals surface area contributed by atoms with Crippen molar-refractivity contribution >= 4 is 28.7 Å². The molecule has 12 heteroatoms. The number of nitrogens with one attached hydrogen (secondary N) is 1. The third-order valence-electron chi connectivity index (χ3n) is 8.11. The fraction of sp³-hybridized carbons (Fsp3) is 0.571. The predicted octanol–water partition coefficient (Wildman–Crippen LogP) is 3.67. The van der Waals surface area contributed by atoms with Crippen molar-refractivity contribution in [2.75, 3.05) is 69.4 Å². The van der Waals surface area contributed by atoms with E-state index in [0.29, 0.717) is 93.7 Å². The molecule has 10 nitrogen and oxygen atoms in total. The summed E-state index contributed by atoms with van der Waals surface area (Å²) in [5.74, 6) is 1.76. The van der Waals surface area contributed by atoms with Gasteiger partial charge in [-0.2, -0.15) is 9.97 Å². The van der Waals surface area contributed by atoms with Crippen LogP contribution in [0.3, 0.4) is 0 Å². The fourth-order valence-corrected chi connectivity index (χ4v) is 5.89. The molecule has 1 aliphatic carbocycles. The number of aromatic nitrogens is 4. The van der Waals surface area contributed by atoms with Crippen molar-refractivity contribution < 1.29 is 23.0 Å². The number of carbonyl (C=O) groups is 1. The largest absolute Gasteiger partial charge is 0.378 e. The highest BCUT2D eigenvalue weighted by Gasteiger charge is 2.30. The summed E-state index contributed by atoms with van der Waals surface area (Å²) in [6.07, 6.45) is 0.834. The van der Waals surface area contributed by atoms with Gasteiger partial charge in [-0.25, -0.2) is 13.8 Å². The van der Waals surface area contributed by atoms with Crippen molar-refractivity contribution in [3.63, 3.8) is 0 Å². The fourth-order valence-electron chi connectivity index (χ4n) is 5.89. The van der Waals surface area contributed by atoms with Crippen LogP contribution in [0.25, 0.3) is 16.9 Å². The van der Waals surface area contributed by atoms with Crippen molar-refractivity contribution in [3.8, 4) is 5.82 Å². The normalized spacial score (nSPS) is 22.2. The summed E-state index contributed by atoms with van der Waals surface area (Å²) in [6.45, 7) is 5.70. The van der Waals surface area contributed by atoms with Crippen LogP contribution in [0.1, 0.15) is 37.9 Å². The number of benzene rings is 1. The second kappa shape index (κ2) is 12.0. The molecule has 0 bridgehead atoms. The summed E-state index contributed by atoms with van der Waals surface area (Å²) >= 11 is 0. The molecule has 214 valence electrons. The van der Waals surface area contributed by atoms with E-state index in [-0.39, 0.29) is 17.6 Å². The van der Waals surface area contributed by atoms with Gasteiger partial charge in [-0.1, -0.05) is 12.1 Å². The first-order valence-electron chi connectivity index (χ1n) is 14.1. The van der Waals surface area contributed by atoms with Gasteiger partial charge in [0.1, 0.15) is 11.6 Å². The molecule has 3 fully saturated rings. The van der Waals surface area contributed by atoms with Gasteiger partial charge in [0.15, 0.2) is 5.82 Å². The van der Waals surface area contributed by atoms with E-state index in [9.17, 15) is 13.6 Å². The molecule has 6 rings (SSSR count). The summed E-state index contributed by atoms with van der Waals surface area (Å²) in [6, 6.07) is 8.83. The minimum Gasteiger partial charge on any atom is -0.378 e. The van der Waals surface area contributed by atoms with Crippen LogP contribution in [0.15, 0.2) is 30.3 Å². The van der Waals surface area contributed by atoms with Gasteiger partial charge in [0.2, 0.25) is 11.9 Å². The van der Waals surface area contributed by atoms with E-state index in [1.54, 1.807) is 30.3 Å². The number of morpholine rings is 2. The first-order chi connectivity index (χ1) is 19.6. The van der Waals surface area contributed by atoms with Gasteiger partial charge in [-0.3, -0.25) is 9.36 Å².